The van der Waals surface area contributed by atoms with Crippen LogP contribution in [0.3, 0.4) is 0 Å². The highest BCUT2D eigenvalue weighted by Crippen LogP contribution is 2.48. The second-order valence-corrected chi connectivity index (χ2v) is 5.43. The molecule has 2 unspecified atom stereocenters. The number of thiazole rings is 1. The minimum absolute atomic E-state index is 0.0465. The van der Waals surface area contributed by atoms with Gasteiger partial charge in [0, 0.05) is 12.1 Å². The van der Waals surface area contributed by atoms with Gasteiger partial charge in [-0.1, -0.05) is 6.92 Å². The number of aliphatic hydroxyl groups excluding tert-OH is 1. The van der Waals surface area contributed by atoms with E-state index in [4.69, 9.17) is 9.52 Å². The number of furan rings is 1. The Morgan fingerprint density at radius 3 is 3.00 bits per heavy atom. The minimum Gasteiger partial charge on any atom is -0.458 e. The monoisotopic (exact) mass is 235 g/mol. The Kier molecular flexibility index (Phi) is 2.33. The number of hydrogen-bond donors (Lipinski definition) is 1. The molecule has 1 saturated carbocycles. The molecule has 1 fully saturated rings. The maximum Gasteiger partial charge on any atom is 0.162 e. The minimum atomic E-state index is 0.0465. The average Bonchev–Trinajstić information content (AvgIpc) is 2.80. The van der Waals surface area contributed by atoms with Gasteiger partial charge in [0.15, 0.2) is 10.8 Å². The third-order valence-electron chi connectivity index (χ3n) is 3.02. The molecule has 3 rings (SSSR count). The molecule has 0 spiro atoms. The Bertz CT molecular complexity index is 503. The lowest BCUT2D eigenvalue weighted by Gasteiger charge is -1.91. The predicted molar refractivity (Wildman–Crippen MR) is 62.3 cm³/mol. The summed E-state index contributed by atoms with van der Waals surface area (Å²) in [6, 6.07) is 4.02. The van der Waals surface area contributed by atoms with Crippen LogP contribution in [0.2, 0.25) is 0 Å². The molecule has 0 bridgehead atoms. The molecule has 84 valence electrons. The lowest BCUT2D eigenvalue weighted by Crippen LogP contribution is -1.74. The van der Waals surface area contributed by atoms with Crippen molar-refractivity contribution in [3.8, 4) is 10.8 Å². The van der Waals surface area contributed by atoms with Gasteiger partial charge in [-0.25, -0.2) is 4.98 Å². The molecule has 0 radical (unpaired) electrons. The van der Waals surface area contributed by atoms with Crippen molar-refractivity contribution in [2.75, 3.05) is 0 Å². The standard InChI is InChI=1S/C12H13NO2S/c1-7-4-9(7)10-2-3-11(15-10)12-13-5-8(6-14)16-12/h2-3,5,7,9,14H,4,6H2,1H3. The molecule has 0 aliphatic heterocycles. The van der Waals surface area contributed by atoms with Crippen LogP contribution in [0.25, 0.3) is 10.8 Å². The lowest BCUT2D eigenvalue weighted by molar-refractivity contribution is 0.285. The van der Waals surface area contributed by atoms with E-state index in [9.17, 15) is 0 Å². The van der Waals surface area contributed by atoms with Crippen molar-refractivity contribution in [2.45, 2.75) is 25.9 Å². The van der Waals surface area contributed by atoms with E-state index in [-0.39, 0.29) is 6.61 Å². The van der Waals surface area contributed by atoms with Crippen LogP contribution >= 0.6 is 11.3 Å². The van der Waals surface area contributed by atoms with Crippen LogP contribution in [0, 0.1) is 5.92 Å². The Balaban J connectivity index is 1.86. The van der Waals surface area contributed by atoms with E-state index in [1.54, 1.807) is 6.20 Å². The Morgan fingerprint density at radius 2 is 2.38 bits per heavy atom. The summed E-state index contributed by atoms with van der Waals surface area (Å²) in [5.74, 6) is 3.25. The van der Waals surface area contributed by atoms with Crippen LogP contribution in [0.15, 0.2) is 22.7 Å². The zero-order valence-corrected chi connectivity index (χ0v) is 9.83. The first kappa shape index (κ1) is 10.1. The Hall–Kier alpha value is -1.13. The van der Waals surface area contributed by atoms with E-state index in [1.165, 1.54) is 17.8 Å². The number of nitrogens with zero attached hydrogens (tertiary/aromatic N) is 1. The summed E-state index contributed by atoms with van der Waals surface area (Å²) < 4.78 is 5.79. The molecule has 16 heavy (non-hydrogen) atoms. The van der Waals surface area contributed by atoms with Gasteiger partial charge in [-0.3, -0.25) is 0 Å². The molecule has 0 amide bonds. The van der Waals surface area contributed by atoms with Crippen molar-refractivity contribution in [3.63, 3.8) is 0 Å². The highest BCUT2D eigenvalue weighted by molar-refractivity contribution is 7.14. The maximum absolute atomic E-state index is 8.98. The zero-order chi connectivity index (χ0) is 11.1. The number of rotatable bonds is 3. The summed E-state index contributed by atoms with van der Waals surface area (Å²) in [6.07, 6.45) is 2.93. The maximum atomic E-state index is 8.98. The molecule has 3 nitrogen and oxygen atoms in total. The van der Waals surface area contributed by atoms with E-state index in [2.05, 4.69) is 11.9 Å². The number of aromatic nitrogens is 1. The van der Waals surface area contributed by atoms with Crippen molar-refractivity contribution >= 4 is 11.3 Å². The zero-order valence-electron chi connectivity index (χ0n) is 9.01. The summed E-state index contributed by atoms with van der Waals surface area (Å²) in [4.78, 5) is 5.10. The normalized spacial score (nSPS) is 23.6. The van der Waals surface area contributed by atoms with Crippen LogP contribution in [0.5, 0.6) is 0 Å². The second kappa shape index (κ2) is 3.71. The molecule has 2 aromatic heterocycles. The summed E-state index contributed by atoms with van der Waals surface area (Å²) in [5.41, 5.74) is 0. The lowest BCUT2D eigenvalue weighted by atomic mass is 10.3. The third kappa shape index (κ3) is 1.68. The molecule has 2 heterocycles. The first-order valence-electron chi connectivity index (χ1n) is 5.43. The van der Waals surface area contributed by atoms with E-state index >= 15 is 0 Å². The van der Waals surface area contributed by atoms with E-state index in [0.717, 1.165) is 27.3 Å². The Morgan fingerprint density at radius 1 is 1.56 bits per heavy atom. The van der Waals surface area contributed by atoms with Crippen LogP contribution < -0.4 is 0 Å². The molecule has 4 heteroatoms. The van der Waals surface area contributed by atoms with E-state index in [0.29, 0.717) is 5.92 Å². The van der Waals surface area contributed by atoms with Gasteiger partial charge in [0.05, 0.1) is 11.5 Å². The topological polar surface area (TPSA) is 46.3 Å². The first-order chi connectivity index (χ1) is 7.78. The molecular weight excluding hydrogens is 222 g/mol. The van der Waals surface area contributed by atoms with Gasteiger partial charge in [0.2, 0.25) is 0 Å². The van der Waals surface area contributed by atoms with Crippen molar-refractivity contribution in [1.29, 1.82) is 0 Å². The predicted octanol–water partition coefficient (Wildman–Crippen LogP) is 3.02. The summed E-state index contributed by atoms with van der Waals surface area (Å²) in [5, 5.41) is 9.83. The fourth-order valence-corrected chi connectivity index (χ4v) is 2.61. The quantitative estimate of drug-likeness (QED) is 0.889. The summed E-state index contributed by atoms with van der Waals surface area (Å²) in [7, 11) is 0. The van der Waals surface area contributed by atoms with Gasteiger partial charge < -0.3 is 9.52 Å². The summed E-state index contributed by atoms with van der Waals surface area (Å²) >= 11 is 1.48. The van der Waals surface area contributed by atoms with Gasteiger partial charge in [0.25, 0.3) is 0 Å². The van der Waals surface area contributed by atoms with Gasteiger partial charge in [-0.2, -0.15) is 0 Å². The molecule has 0 aromatic carbocycles. The van der Waals surface area contributed by atoms with Gasteiger partial charge in [-0.05, 0) is 24.5 Å². The van der Waals surface area contributed by atoms with Crippen molar-refractivity contribution in [2.24, 2.45) is 5.92 Å². The van der Waals surface area contributed by atoms with Crippen molar-refractivity contribution in [3.05, 3.63) is 29.0 Å². The van der Waals surface area contributed by atoms with E-state index in [1.807, 2.05) is 12.1 Å². The van der Waals surface area contributed by atoms with Crippen LogP contribution in [-0.2, 0) is 6.61 Å². The first-order valence-corrected chi connectivity index (χ1v) is 6.25. The number of aliphatic hydroxyl groups is 1. The Labute approximate surface area is 97.8 Å². The fourth-order valence-electron chi connectivity index (χ4n) is 1.88. The smallest absolute Gasteiger partial charge is 0.162 e. The van der Waals surface area contributed by atoms with Crippen molar-refractivity contribution < 1.29 is 9.52 Å². The van der Waals surface area contributed by atoms with Gasteiger partial charge >= 0.3 is 0 Å². The molecule has 1 aliphatic rings. The van der Waals surface area contributed by atoms with Crippen LogP contribution in [-0.4, -0.2) is 10.1 Å². The SMILES string of the molecule is CC1CC1c1ccc(-c2ncc(CO)s2)o1. The molecule has 1 N–H and O–H groups in total. The number of hydrogen-bond acceptors (Lipinski definition) is 4. The largest absolute Gasteiger partial charge is 0.458 e. The van der Waals surface area contributed by atoms with Gasteiger partial charge in [-0.15, -0.1) is 11.3 Å². The highest BCUT2D eigenvalue weighted by atomic mass is 32.1. The fraction of sp³-hybridized carbons (Fsp3) is 0.417. The molecule has 2 aromatic rings. The molecular formula is C12H13NO2S. The highest BCUT2D eigenvalue weighted by Gasteiger charge is 2.36. The van der Waals surface area contributed by atoms with Gasteiger partial charge in [0.1, 0.15) is 5.76 Å². The van der Waals surface area contributed by atoms with Crippen LogP contribution in [0.4, 0.5) is 0 Å². The molecule has 0 saturated heterocycles. The summed E-state index contributed by atoms with van der Waals surface area (Å²) in [6.45, 7) is 2.28. The second-order valence-electron chi connectivity index (χ2n) is 4.31. The molecule has 2 atom stereocenters. The third-order valence-corrected chi connectivity index (χ3v) is 4.02. The average molecular weight is 235 g/mol. The van der Waals surface area contributed by atoms with Crippen LogP contribution in [0.1, 0.15) is 29.9 Å². The molecule has 1 aliphatic carbocycles. The van der Waals surface area contributed by atoms with Crippen molar-refractivity contribution in [1.82, 2.24) is 4.98 Å². The van der Waals surface area contributed by atoms with E-state index < -0.39 is 0 Å².